The Morgan fingerprint density at radius 1 is 1.21 bits per heavy atom. The summed E-state index contributed by atoms with van der Waals surface area (Å²) in [5.74, 6) is 0.391. The number of nitrogen functional groups attached to an aromatic ring is 1. The number of hydrogen-bond donors (Lipinski definition) is 2. The van der Waals surface area contributed by atoms with Crippen LogP contribution < -0.4 is 11.3 Å². The van der Waals surface area contributed by atoms with Gasteiger partial charge >= 0.3 is 0 Å². The summed E-state index contributed by atoms with van der Waals surface area (Å²) in [6.07, 6.45) is 5.83. The highest BCUT2D eigenvalue weighted by Gasteiger charge is 2.21. The maximum atomic E-state index is 12.7. The van der Waals surface area contributed by atoms with Gasteiger partial charge in [0, 0.05) is 29.1 Å². The Morgan fingerprint density at radius 2 is 1.92 bits per heavy atom. The first-order chi connectivity index (χ1) is 11.6. The molecular weight excluding hydrogens is 302 g/mol. The topological polar surface area (TPSA) is 79.4 Å². The third-order valence-electron chi connectivity index (χ3n) is 4.91. The first kappa shape index (κ1) is 15.0. The molecule has 0 aliphatic carbocycles. The molecule has 6 nitrogen and oxygen atoms in total. The Morgan fingerprint density at radius 3 is 2.62 bits per heavy atom. The number of likely N-dealkylation sites (tertiary alicyclic amines) is 1. The van der Waals surface area contributed by atoms with Crippen molar-refractivity contribution in [3.05, 3.63) is 52.7 Å². The number of nitrogens with one attached hydrogen (secondary N) is 1. The van der Waals surface area contributed by atoms with Crippen LogP contribution in [-0.2, 0) is 0 Å². The first-order valence-electron chi connectivity index (χ1n) is 8.27. The van der Waals surface area contributed by atoms with Crippen molar-refractivity contribution in [1.29, 1.82) is 0 Å². The van der Waals surface area contributed by atoms with E-state index in [9.17, 15) is 4.79 Å². The molecule has 1 aromatic carbocycles. The van der Waals surface area contributed by atoms with Crippen LogP contribution >= 0.6 is 0 Å². The van der Waals surface area contributed by atoms with Crippen LogP contribution in [-0.4, -0.2) is 39.6 Å². The lowest BCUT2D eigenvalue weighted by Crippen LogP contribution is -2.30. The molecule has 3 aromatic rings. The number of fused-ring (bicyclic) bond motifs is 1. The van der Waals surface area contributed by atoms with Crippen molar-refractivity contribution in [2.75, 3.05) is 25.9 Å². The molecule has 1 aliphatic rings. The highest BCUT2D eigenvalue weighted by atomic mass is 16.1. The lowest BCUT2D eigenvalue weighted by Gasteiger charge is -2.28. The van der Waals surface area contributed by atoms with E-state index in [1.165, 1.54) is 0 Å². The zero-order valence-electron chi connectivity index (χ0n) is 13.7. The molecular formula is C18H21N5O. The van der Waals surface area contributed by atoms with Crippen molar-refractivity contribution in [3.63, 3.8) is 0 Å². The van der Waals surface area contributed by atoms with Gasteiger partial charge in [0.25, 0.3) is 5.56 Å². The average molecular weight is 323 g/mol. The maximum absolute atomic E-state index is 12.7. The van der Waals surface area contributed by atoms with Crippen molar-refractivity contribution in [2.24, 2.45) is 0 Å². The van der Waals surface area contributed by atoms with Crippen LogP contribution in [0.5, 0.6) is 0 Å². The standard InChI is InChI=1S/C18H21N5O/c1-22-8-6-13(7-9-22)16-11-23-17(18(24)21-16)15(10-20-23)12-2-4-14(19)5-3-12/h2-5,10-11,13H,6-9,19H2,1H3,(H,21,24). The second kappa shape index (κ2) is 5.79. The maximum Gasteiger partial charge on any atom is 0.274 e. The molecule has 6 heteroatoms. The summed E-state index contributed by atoms with van der Waals surface area (Å²) in [4.78, 5) is 18.1. The second-order valence-corrected chi connectivity index (χ2v) is 6.59. The van der Waals surface area contributed by atoms with E-state index in [-0.39, 0.29) is 5.56 Å². The number of hydrogen-bond acceptors (Lipinski definition) is 4. The van der Waals surface area contributed by atoms with Crippen molar-refractivity contribution in [1.82, 2.24) is 19.5 Å². The van der Waals surface area contributed by atoms with Gasteiger partial charge in [0.2, 0.25) is 0 Å². The number of anilines is 1. The molecule has 3 heterocycles. The number of nitrogens with two attached hydrogens (primary N) is 1. The molecule has 1 fully saturated rings. The molecule has 0 spiro atoms. The van der Waals surface area contributed by atoms with Crippen LogP contribution in [0.1, 0.15) is 24.5 Å². The zero-order valence-corrected chi connectivity index (χ0v) is 13.7. The van der Waals surface area contributed by atoms with Crippen LogP contribution in [0.3, 0.4) is 0 Å². The van der Waals surface area contributed by atoms with Crippen LogP contribution in [0, 0.1) is 0 Å². The molecule has 3 N–H and O–H groups in total. The molecule has 2 aromatic heterocycles. The van der Waals surface area contributed by atoms with E-state index in [0.717, 1.165) is 42.8 Å². The number of benzene rings is 1. The van der Waals surface area contributed by atoms with E-state index >= 15 is 0 Å². The zero-order chi connectivity index (χ0) is 16.7. The predicted octanol–water partition coefficient (Wildman–Crippen LogP) is 2.08. The van der Waals surface area contributed by atoms with Gasteiger partial charge < -0.3 is 15.6 Å². The Kier molecular flexibility index (Phi) is 3.61. The SMILES string of the molecule is CN1CCC(c2cn3ncc(-c4ccc(N)cc4)c3c(=O)[nH]2)CC1. The lowest BCUT2D eigenvalue weighted by molar-refractivity contribution is 0.253. The molecule has 0 bridgehead atoms. The van der Waals surface area contributed by atoms with Gasteiger partial charge in [-0.25, -0.2) is 4.52 Å². The van der Waals surface area contributed by atoms with Gasteiger partial charge in [-0.15, -0.1) is 0 Å². The molecule has 1 saturated heterocycles. The van der Waals surface area contributed by atoms with E-state index in [0.29, 0.717) is 17.1 Å². The summed E-state index contributed by atoms with van der Waals surface area (Å²) in [6, 6.07) is 7.49. The van der Waals surface area contributed by atoms with Gasteiger partial charge in [0.05, 0.1) is 6.20 Å². The molecule has 0 radical (unpaired) electrons. The van der Waals surface area contributed by atoms with Crippen LogP contribution in [0.2, 0.25) is 0 Å². The average Bonchev–Trinajstić information content (AvgIpc) is 3.01. The third-order valence-corrected chi connectivity index (χ3v) is 4.91. The Balaban J connectivity index is 1.76. The molecule has 1 aliphatic heterocycles. The summed E-state index contributed by atoms with van der Waals surface area (Å²) in [5, 5.41) is 4.40. The summed E-state index contributed by atoms with van der Waals surface area (Å²) in [6.45, 7) is 2.11. The minimum Gasteiger partial charge on any atom is -0.399 e. The van der Waals surface area contributed by atoms with Crippen molar-refractivity contribution < 1.29 is 0 Å². The minimum atomic E-state index is -0.0873. The number of aromatic nitrogens is 3. The van der Waals surface area contributed by atoms with Crippen LogP contribution in [0.15, 0.2) is 41.5 Å². The molecule has 0 atom stereocenters. The number of nitrogens with zero attached hydrogens (tertiary/aromatic N) is 3. The summed E-state index contributed by atoms with van der Waals surface area (Å²) < 4.78 is 1.71. The fraction of sp³-hybridized carbons (Fsp3) is 0.333. The summed E-state index contributed by atoms with van der Waals surface area (Å²) in [5.41, 5.74) is 9.68. The molecule has 0 amide bonds. The molecule has 0 unspecified atom stereocenters. The highest BCUT2D eigenvalue weighted by molar-refractivity contribution is 5.79. The number of piperidine rings is 1. The van der Waals surface area contributed by atoms with Gasteiger partial charge in [0.15, 0.2) is 0 Å². The van der Waals surface area contributed by atoms with Gasteiger partial charge in [-0.05, 0) is 50.7 Å². The molecule has 24 heavy (non-hydrogen) atoms. The fourth-order valence-electron chi connectivity index (χ4n) is 3.44. The second-order valence-electron chi connectivity index (χ2n) is 6.59. The Bertz CT molecular complexity index is 917. The fourth-order valence-corrected chi connectivity index (χ4v) is 3.44. The number of rotatable bonds is 2. The minimum absolute atomic E-state index is 0.0873. The largest absolute Gasteiger partial charge is 0.399 e. The van der Waals surface area contributed by atoms with Crippen molar-refractivity contribution in [3.8, 4) is 11.1 Å². The smallest absolute Gasteiger partial charge is 0.274 e. The van der Waals surface area contributed by atoms with Crippen LogP contribution in [0.25, 0.3) is 16.6 Å². The van der Waals surface area contributed by atoms with Gasteiger partial charge in [-0.2, -0.15) is 5.10 Å². The monoisotopic (exact) mass is 323 g/mol. The number of aromatic amines is 1. The summed E-state index contributed by atoms with van der Waals surface area (Å²) >= 11 is 0. The highest BCUT2D eigenvalue weighted by Crippen LogP contribution is 2.27. The predicted molar refractivity (Wildman–Crippen MR) is 95.1 cm³/mol. The van der Waals surface area contributed by atoms with E-state index in [1.807, 2.05) is 30.5 Å². The molecule has 4 rings (SSSR count). The number of H-pyrrole nitrogens is 1. The first-order valence-corrected chi connectivity index (χ1v) is 8.27. The van der Waals surface area contributed by atoms with E-state index in [4.69, 9.17) is 5.73 Å². The molecule has 0 saturated carbocycles. The van der Waals surface area contributed by atoms with E-state index in [2.05, 4.69) is 22.0 Å². The van der Waals surface area contributed by atoms with Gasteiger partial charge in [0.1, 0.15) is 5.52 Å². The summed E-state index contributed by atoms with van der Waals surface area (Å²) in [7, 11) is 2.13. The molecule has 124 valence electrons. The quantitative estimate of drug-likeness (QED) is 0.708. The Labute approximate surface area is 139 Å². The Hall–Kier alpha value is -2.60. The van der Waals surface area contributed by atoms with Gasteiger partial charge in [-0.1, -0.05) is 12.1 Å². The van der Waals surface area contributed by atoms with Crippen LogP contribution in [0.4, 0.5) is 5.69 Å². The van der Waals surface area contributed by atoms with Crippen molar-refractivity contribution in [2.45, 2.75) is 18.8 Å². The van der Waals surface area contributed by atoms with E-state index < -0.39 is 0 Å². The van der Waals surface area contributed by atoms with E-state index in [1.54, 1.807) is 10.7 Å². The normalized spacial score (nSPS) is 16.7. The third kappa shape index (κ3) is 2.59. The van der Waals surface area contributed by atoms with Gasteiger partial charge in [-0.3, -0.25) is 4.79 Å². The van der Waals surface area contributed by atoms with Crippen molar-refractivity contribution >= 4 is 11.2 Å². The lowest BCUT2D eigenvalue weighted by atomic mass is 9.94.